The number of nitrogens with zero attached hydrogens (tertiary/aromatic N) is 2. The van der Waals surface area contributed by atoms with E-state index in [2.05, 4.69) is 64.3 Å². The molecule has 0 radical (unpaired) electrons. The standard InChI is InChI=1S/C35H54N2O5Si/c1-23(2)43(24(3)4,25(5)6)40-21-26-20-35-22-36-17-15-13-11-10-12-14-16-27-18-28(29(35)19-30(36)38)31(41-27)32(35)37(26)33(39)42-34(7,8)9/h18,23-26,29,32H,11,13-17,19-22H2,1-9H3/t26-,29+,32+,35+/m1/s1. The van der Waals surface area contributed by atoms with Crippen molar-refractivity contribution in [3.05, 3.63) is 23.2 Å². The zero-order chi connectivity index (χ0) is 31.3. The minimum Gasteiger partial charge on any atom is -0.464 e. The first-order valence-corrected chi connectivity index (χ1v) is 18.9. The molecule has 238 valence electrons. The first-order chi connectivity index (χ1) is 20.2. The fourth-order valence-electron chi connectivity index (χ4n) is 9.10. The van der Waals surface area contributed by atoms with Gasteiger partial charge in [-0.1, -0.05) is 41.5 Å². The number of rotatable bonds is 6. The highest BCUT2D eigenvalue weighted by atomic mass is 28.4. The number of carbonyl (C=O) groups excluding carboxylic acids is 2. The van der Waals surface area contributed by atoms with Gasteiger partial charge in [0.25, 0.3) is 0 Å². The monoisotopic (exact) mass is 610 g/mol. The van der Waals surface area contributed by atoms with Crippen molar-refractivity contribution < 1.29 is 23.2 Å². The highest BCUT2D eigenvalue weighted by Crippen LogP contribution is 2.67. The molecule has 1 aromatic heterocycles. The first kappa shape index (κ1) is 32.2. The maximum absolute atomic E-state index is 14.2. The van der Waals surface area contributed by atoms with E-state index in [1.165, 1.54) is 0 Å². The van der Waals surface area contributed by atoms with Crippen molar-refractivity contribution in [3.63, 3.8) is 0 Å². The van der Waals surface area contributed by atoms with Gasteiger partial charge in [0.15, 0.2) is 8.32 Å². The molecule has 5 heterocycles. The first-order valence-electron chi connectivity index (χ1n) is 16.7. The van der Waals surface area contributed by atoms with Gasteiger partial charge in [-0.3, -0.25) is 9.69 Å². The maximum Gasteiger partial charge on any atom is 0.411 e. The predicted molar refractivity (Wildman–Crippen MR) is 171 cm³/mol. The summed E-state index contributed by atoms with van der Waals surface area (Å²) < 4.78 is 20.0. The quantitative estimate of drug-likeness (QED) is 0.241. The van der Waals surface area contributed by atoms with Crippen LogP contribution in [0.2, 0.25) is 16.6 Å². The van der Waals surface area contributed by atoms with Crippen molar-refractivity contribution in [2.75, 3.05) is 19.7 Å². The molecule has 2 amide bonds. The molecule has 6 rings (SSSR count). The molecule has 0 aromatic carbocycles. The molecule has 0 unspecified atom stereocenters. The summed E-state index contributed by atoms with van der Waals surface area (Å²) in [6, 6.07) is 1.72. The molecule has 1 aromatic rings. The molecule has 0 saturated carbocycles. The van der Waals surface area contributed by atoms with E-state index in [0.29, 0.717) is 36.2 Å². The number of amides is 2. The fraction of sp³-hybridized carbons (Fsp3) is 0.771. The topological polar surface area (TPSA) is 72.2 Å². The Balaban J connectivity index is 1.60. The van der Waals surface area contributed by atoms with Crippen LogP contribution in [-0.2, 0) is 20.4 Å². The summed E-state index contributed by atoms with van der Waals surface area (Å²) in [7, 11) is -2.19. The van der Waals surface area contributed by atoms with Crippen molar-refractivity contribution in [1.29, 1.82) is 0 Å². The zero-order valence-electron chi connectivity index (χ0n) is 28.0. The summed E-state index contributed by atoms with van der Waals surface area (Å²) in [5.41, 5.74) is 1.48. The SMILES string of the molecule is CC(C)[Si](OC[C@H]1C[C@@]23CN4CCCCC#CCCc5cc(c(o5)[C@@H]2N1C(=O)OC(C)(C)C)[C@@H]3CC4=O)(C(C)C)C(C)C. The number of aryl methyl sites for hydroxylation is 1. The number of furan rings is 1. The summed E-state index contributed by atoms with van der Waals surface area (Å²) in [6.07, 6.45) is 5.17. The molecule has 5 aliphatic rings. The van der Waals surface area contributed by atoms with Gasteiger partial charge in [-0.05, 0) is 62.7 Å². The van der Waals surface area contributed by atoms with Crippen molar-refractivity contribution >= 4 is 20.3 Å². The van der Waals surface area contributed by atoms with Gasteiger partial charge in [-0.2, -0.15) is 0 Å². The Morgan fingerprint density at radius 2 is 1.77 bits per heavy atom. The highest BCUT2D eigenvalue weighted by molar-refractivity contribution is 6.77. The highest BCUT2D eigenvalue weighted by Gasteiger charge is 2.67. The van der Waals surface area contributed by atoms with Gasteiger partial charge in [0.1, 0.15) is 23.2 Å². The lowest BCUT2D eigenvalue weighted by Gasteiger charge is -2.45. The van der Waals surface area contributed by atoms with Crippen LogP contribution in [0.1, 0.15) is 130 Å². The Morgan fingerprint density at radius 3 is 2.42 bits per heavy atom. The van der Waals surface area contributed by atoms with Crippen LogP contribution in [0.15, 0.2) is 10.5 Å². The summed E-state index contributed by atoms with van der Waals surface area (Å²) in [5.74, 6) is 8.58. The van der Waals surface area contributed by atoms with Gasteiger partial charge in [0.2, 0.25) is 5.91 Å². The number of hydrogen-bond donors (Lipinski definition) is 0. The zero-order valence-corrected chi connectivity index (χ0v) is 29.0. The number of likely N-dealkylation sites (tertiary alicyclic amines) is 1. The second-order valence-electron chi connectivity index (χ2n) is 15.4. The molecule has 6 bridgehead atoms. The number of piperidine rings is 1. The minimum atomic E-state index is -2.19. The summed E-state index contributed by atoms with van der Waals surface area (Å²) >= 11 is 0. The van der Waals surface area contributed by atoms with Crippen LogP contribution in [0.3, 0.4) is 0 Å². The molecule has 4 atom stereocenters. The number of hydrogen-bond acceptors (Lipinski definition) is 5. The molecule has 2 fully saturated rings. The Bertz CT molecular complexity index is 1250. The Morgan fingerprint density at radius 1 is 1.09 bits per heavy atom. The van der Waals surface area contributed by atoms with Gasteiger partial charge < -0.3 is 18.5 Å². The summed E-state index contributed by atoms with van der Waals surface area (Å²) in [6.45, 7) is 21.4. The van der Waals surface area contributed by atoms with Gasteiger partial charge >= 0.3 is 6.09 Å². The lowest BCUT2D eigenvalue weighted by atomic mass is 9.68. The number of carbonyl (C=O) groups is 2. The van der Waals surface area contributed by atoms with E-state index in [4.69, 9.17) is 13.6 Å². The van der Waals surface area contributed by atoms with Crippen LogP contribution in [0.4, 0.5) is 4.79 Å². The molecule has 8 heteroatoms. The molecule has 1 spiro atoms. The van der Waals surface area contributed by atoms with Gasteiger partial charge in [0.05, 0.1) is 12.6 Å². The molecule has 2 saturated heterocycles. The lowest BCUT2D eigenvalue weighted by Crippen LogP contribution is -2.51. The Kier molecular flexibility index (Phi) is 8.92. The van der Waals surface area contributed by atoms with Crippen molar-refractivity contribution in [3.8, 4) is 11.8 Å². The Labute approximate surface area is 260 Å². The average Bonchev–Trinajstić information content (AvgIpc) is 3.50. The van der Waals surface area contributed by atoms with E-state index < -0.39 is 13.9 Å². The molecule has 7 nitrogen and oxygen atoms in total. The van der Waals surface area contributed by atoms with E-state index in [1.807, 2.05) is 25.7 Å². The van der Waals surface area contributed by atoms with Crippen LogP contribution in [0, 0.1) is 17.3 Å². The second-order valence-corrected chi connectivity index (χ2v) is 20.9. The van der Waals surface area contributed by atoms with E-state index in [9.17, 15) is 9.59 Å². The van der Waals surface area contributed by atoms with Crippen molar-refractivity contribution in [2.45, 2.75) is 147 Å². The third-order valence-corrected chi connectivity index (χ3v) is 16.7. The van der Waals surface area contributed by atoms with Crippen molar-refractivity contribution in [1.82, 2.24) is 9.80 Å². The molecule has 4 aliphatic heterocycles. The Hall–Kier alpha value is -2.24. The lowest BCUT2D eigenvalue weighted by molar-refractivity contribution is -0.139. The van der Waals surface area contributed by atoms with Gasteiger partial charge in [0, 0.05) is 55.7 Å². The second kappa shape index (κ2) is 11.9. The average molecular weight is 611 g/mol. The molecule has 0 N–H and O–H groups in total. The smallest absolute Gasteiger partial charge is 0.411 e. The number of ether oxygens (including phenoxy) is 1. The van der Waals surface area contributed by atoms with Crippen LogP contribution in [-0.4, -0.2) is 61.5 Å². The number of fused-ring (bicyclic) bond motifs is 7. The van der Waals surface area contributed by atoms with E-state index in [-0.39, 0.29) is 35.4 Å². The van der Waals surface area contributed by atoms with Crippen LogP contribution >= 0.6 is 0 Å². The molecule has 1 aliphatic carbocycles. The van der Waals surface area contributed by atoms with Crippen molar-refractivity contribution in [2.24, 2.45) is 5.41 Å². The molecular formula is C35H54N2O5Si. The maximum atomic E-state index is 14.2. The predicted octanol–water partition coefficient (Wildman–Crippen LogP) is 7.96. The largest absolute Gasteiger partial charge is 0.464 e. The van der Waals surface area contributed by atoms with Crippen LogP contribution in [0.25, 0.3) is 0 Å². The third-order valence-electron chi connectivity index (χ3n) is 10.6. The minimum absolute atomic E-state index is 0.0159. The molecular weight excluding hydrogens is 556 g/mol. The summed E-state index contributed by atoms with van der Waals surface area (Å²) in [4.78, 5) is 31.9. The molecule has 43 heavy (non-hydrogen) atoms. The van der Waals surface area contributed by atoms with Crippen LogP contribution < -0.4 is 0 Å². The van der Waals surface area contributed by atoms with Gasteiger partial charge in [-0.15, -0.1) is 11.8 Å². The third kappa shape index (κ3) is 5.70. The van der Waals surface area contributed by atoms with E-state index >= 15 is 0 Å². The fourth-order valence-corrected chi connectivity index (χ4v) is 14.6. The van der Waals surface area contributed by atoms with Gasteiger partial charge in [-0.25, -0.2) is 4.79 Å². The summed E-state index contributed by atoms with van der Waals surface area (Å²) in [5, 5.41) is 0. The van der Waals surface area contributed by atoms with Crippen LogP contribution in [0.5, 0.6) is 0 Å². The normalized spacial score (nSPS) is 27.5. The van der Waals surface area contributed by atoms with E-state index in [1.54, 1.807) is 0 Å². The van der Waals surface area contributed by atoms with E-state index in [0.717, 1.165) is 62.2 Å².